The van der Waals surface area contributed by atoms with Gasteiger partial charge >= 0.3 is 0 Å². The highest BCUT2D eigenvalue weighted by atomic mass is 32.2. The highest BCUT2D eigenvalue weighted by Crippen LogP contribution is 2.13. The van der Waals surface area contributed by atoms with Crippen LogP contribution in [0.2, 0.25) is 0 Å². The molecule has 1 N–H and O–H groups in total. The first-order valence-electron chi connectivity index (χ1n) is 4.47. The van der Waals surface area contributed by atoms with Gasteiger partial charge in [0.25, 0.3) is 0 Å². The molecule has 1 rings (SSSR count). The summed E-state index contributed by atoms with van der Waals surface area (Å²) >= 11 is 1.54. The van der Waals surface area contributed by atoms with Crippen LogP contribution in [0.15, 0.2) is 12.7 Å². The van der Waals surface area contributed by atoms with Crippen LogP contribution in [0, 0.1) is 0 Å². The zero-order chi connectivity index (χ0) is 10.4. The Morgan fingerprint density at radius 1 is 1.71 bits per heavy atom. The zero-order valence-electron chi connectivity index (χ0n) is 7.99. The second-order valence-corrected chi connectivity index (χ2v) is 3.95. The van der Waals surface area contributed by atoms with E-state index in [1.54, 1.807) is 22.7 Å². The maximum absolute atomic E-state index is 11.3. The molecule has 0 aliphatic carbocycles. The Morgan fingerprint density at radius 2 is 2.50 bits per heavy atom. The Hall–Kier alpha value is -0.970. The van der Waals surface area contributed by atoms with Crippen LogP contribution in [-0.4, -0.2) is 41.4 Å². The lowest BCUT2D eigenvalue weighted by Crippen LogP contribution is -2.38. The molecule has 0 unspecified atom stereocenters. The lowest BCUT2D eigenvalue weighted by Gasteiger charge is -2.13. The third-order valence-electron chi connectivity index (χ3n) is 1.83. The fourth-order valence-electron chi connectivity index (χ4n) is 1.08. The number of hydrogen-bond acceptors (Lipinski definition) is 3. The van der Waals surface area contributed by atoms with E-state index in [4.69, 9.17) is 0 Å². The summed E-state index contributed by atoms with van der Waals surface area (Å²) in [6, 6.07) is 0. The minimum absolute atomic E-state index is 0.0499. The Kier molecular flexibility index (Phi) is 4.52. The van der Waals surface area contributed by atoms with Gasteiger partial charge in [-0.05, 0) is 6.42 Å². The van der Waals surface area contributed by atoms with Gasteiger partial charge in [0.05, 0.1) is 11.6 Å². The molecule has 0 radical (unpaired) electrons. The normalized spacial score (nSPS) is 15.7. The molecule has 4 nitrogen and oxygen atoms in total. The van der Waals surface area contributed by atoms with E-state index in [-0.39, 0.29) is 18.4 Å². The van der Waals surface area contributed by atoms with E-state index in [2.05, 4.69) is 11.9 Å². The number of carbonyl (C=O) groups is 2. The van der Waals surface area contributed by atoms with E-state index >= 15 is 0 Å². The van der Waals surface area contributed by atoms with Gasteiger partial charge in [-0.1, -0.05) is 6.08 Å². The summed E-state index contributed by atoms with van der Waals surface area (Å²) in [4.78, 5) is 24.0. The molecule has 14 heavy (non-hydrogen) atoms. The fourth-order valence-corrected chi connectivity index (χ4v) is 1.99. The van der Waals surface area contributed by atoms with Gasteiger partial charge in [0.2, 0.25) is 11.8 Å². The largest absolute Gasteiger partial charge is 0.354 e. The van der Waals surface area contributed by atoms with Gasteiger partial charge in [-0.15, -0.1) is 18.3 Å². The van der Waals surface area contributed by atoms with Crippen molar-refractivity contribution in [2.75, 3.05) is 24.7 Å². The van der Waals surface area contributed by atoms with Crippen molar-refractivity contribution >= 4 is 23.6 Å². The molecule has 5 heteroatoms. The molecule has 0 saturated carbocycles. The summed E-state index contributed by atoms with van der Waals surface area (Å²) in [5.41, 5.74) is 0. The Balaban J connectivity index is 2.19. The molecule has 0 bridgehead atoms. The summed E-state index contributed by atoms with van der Waals surface area (Å²) in [6.07, 6.45) is 2.51. The number of nitrogens with zero attached hydrogens (tertiary/aromatic N) is 1. The average Bonchev–Trinajstić information content (AvgIpc) is 2.52. The predicted octanol–water partition coefficient (Wildman–Crippen LogP) is 0.212. The van der Waals surface area contributed by atoms with Crippen LogP contribution < -0.4 is 5.32 Å². The van der Waals surface area contributed by atoms with Gasteiger partial charge in [0.15, 0.2) is 0 Å². The van der Waals surface area contributed by atoms with Crippen molar-refractivity contribution in [2.45, 2.75) is 6.42 Å². The number of thioether (sulfide) groups is 1. The smallest absolute Gasteiger partial charge is 0.239 e. The van der Waals surface area contributed by atoms with Gasteiger partial charge < -0.3 is 10.2 Å². The predicted molar refractivity (Wildman–Crippen MR) is 56.9 cm³/mol. The summed E-state index contributed by atoms with van der Waals surface area (Å²) in [5.74, 6) is 1.09. The van der Waals surface area contributed by atoms with Crippen LogP contribution in [0.3, 0.4) is 0 Å². The van der Waals surface area contributed by atoms with Crippen molar-refractivity contribution in [3.63, 3.8) is 0 Å². The topological polar surface area (TPSA) is 49.4 Å². The summed E-state index contributed by atoms with van der Waals surface area (Å²) in [6.45, 7) is 4.33. The Labute approximate surface area is 87.7 Å². The third kappa shape index (κ3) is 3.41. The van der Waals surface area contributed by atoms with Crippen molar-refractivity contribution in [3.05, 3.63) is 12.7 Å². The molecule has 0 atom stereocenters. The molecule has 0 spiro atoms. The SMILES string of the molecule is C=CCCNC(=O)CN1CSCC1=O. The number of hydrogen-bond donors (Lipinski definition) is 1. The van der Waals surface area contributed by atoms with E-state index in [1.165, 1.54) is 0 Å². The Bertz CT molecular complexity index is 243. The van der Waals surface area contributed by atoms with Crippen LogP contribution in [0.1, 0.15) is 6.42 Å². The van der Waals surface area contributed by atoms with Crippen LogP contribution in [0.5, 0.6) is 0 Å². The summed E-state index contributed by atoms with van der Waals surface area (Å²) in [5, 5.41) is 2.72. The quantitative estimate of drug-likeness (QED) is 0.526. The van der Waals surface area contributed by atoms with Gasteiger partial charge in [0, 0.05) is 6.54 Å². The van der Waals surface area contributed by atoms with E-state index in [9.17, 15) is 9.59 Å². The lowest BCUT2D eigenvalue weighted by molar-refractivity contribution is -0.132. The number of carbonyl (C=O) groups excluding carboxylic acids is 2. The van der Waals surface area contributed by atoms with Crippen molar-refractivity contribution in [1.29, 1.82) is 0 Å². The zero-order valence-corrected chi connectivity index (χ0v) is 8.81. The molecule has 0 aromatic carbocycles. The fraction of sp³-hybridized carbons (Fsp3) is 0.556. The second kappa shape index (κ2) is 5.70. The van der Waals surface area contributed by atoms with E-state index in [0.717, 1.165) is 6.42 Å². The van der Waals surface area contributed by atoms with Crippen LogP contribution in [-0.2, 0) is 9.59 Å². The minimum Gasteiger partial charge on any atom is -0.354 e. The lowest BCUT2D eigenvalue weighted by atomic mass is 10.4. The first-order valence-corrected chi connectivity index (χ1v) is 5.62. The van der Waals surface area contributed by atoms with Crippen molar-refractivity contribution < 1.29 is 9.59 Å². The van der Waals surface area contributed by atoms with Gasteiger partial charge in [-0.3, -0.25) is 9.59 Å². The first kappa shape index (κ1) is 11.1. The molecule has 0 aromatic heterocycles. The molecule has 2 amide bonds. The molecule has 0 aromatic rings. The van der Waals surface area contributed by atoms with Gasteiger partial charge in [-0.2, -0.15) is 0 Å². The summed E-state index contributed by atoms with van der Waals surface area (Å²) in [7, 11) is 0. The van der Waals surface area contributed by atoms with E-state index < -0.39 is 0 Å². The van der Waals surface area contributed by atoms with Crippen molar-refractivity contribution in [3.8, 4) is 0 Å². The highest BCUT2D eigenvalue weighted by Gasteiger charge is 2.22. The molecule has 1 aliphatic rings. The van der Waals surface area contributed by atoms with Gasteiger partial charge in [-0.25, -0.2) is 0 Å². The van der Waals surface area contributed by atoms with Crippen molar-refractivity contribution in [1.82, 2.24) is 10.2 Å². The molecule has 1 heterocycles. The maximum Gasteiger partial charge on any atom is 0.239 e. The molecule has 1 saturated heterocycles. The first-order chi connectivity index (χ1) is 6.74. The molecular weight excluding hydrogens is 200 g/mol. The number of rotatable bonds is 5. The second-order valence-electron chi connectivity index (χ2n) is 3.00. The van der Waals surface area contributed by atoms with Crippen LogP contribution >= 0.6 is 11.8 Å². The van der Waals surface area contributed by atoms with Crippen LogP contribution in [0.25, 0.3) is 0 Å². The number of nitrogens with one attached hydrogen (secondary N) is 1. The van der Waals surface area contributed by atoms with E-state index in [0.29, 0.717) is 18.2 Å². The van der Waals surface area contributed by atoms with Gasteiger partial charge in [0.1, 0.15) is 6.54 Å². The maximum atomic E-state index is 11.3. The standard InChI is InChI=1S/C9H14N2O2S/c1-2-3-4-10-8(12)5-11-7-14-6-9(11)13/h2H,1,3-7H2,(H,10,12). The molecular formula is C9H14N2O2S. The molecule has 1 aliphatic heterocycles. The Morgan fingerprint density at radius 3 is 3.07 bits per heavy atom. The average molecular weight is 214 g/mol. The molecule has 78 valence electrons. The number of amides is 2. The molecule has 1 fully saturated rings. The third-order valence-corrected chi connectivity index (χ3v) is 2.78. The minimum atomic E-state index is -0.0947. The highest BCUT2D eigenvalue weighted by molar-refractivity contribution is 8.00. The monoisotopic (exact) mass is 214 g/mol. The van der Waals surface area contributed by atoms with Crippen LogP contribution in [0.4, 0.5) is 0 Å². The van der Waals surface area contributed by atoms with Crippen molar-refractivity contribution in [2.24, 2.45) is 0 Å². The van der Waals surface area contributed by atoms with E-state index in [1.807, 2.05) is 0 Å². The summed E-state index contributed by atoms with van der Waals surface area (Å²) < 4.78 is 0.